The Morgan fingerprint density at radius 3 is 1.75 bits per heavy atom. The van der Waals surface area contributed by atoms with E-state index in [1.54, 1.807) is 31.1 Å². The zero-order chi connectivity index (χ0) is 2.99. The fourth-order valence-corrected chi connectivity index (χ4v) is 0.612. The number of rotatable bonds is 0. The maximum absolute atomic E-state index is 1.54. The van der Waals surface area contributed by atoms with Gasteiger partial charge in [0.25, 0.3) is 0 Å². The molecule has 19 valence electrons. The Labute approximate surface area is 36.3 Å². The van der Waals surface area contributed by atoms with Gasteiger partial charge in [0.2, 0.25) is 0 Å². The zero-order valence-electron chi connectivity index (χ0n) is 2.70. The van der Waals surface area contributed by atoms with Gasteiger partial charge in [-0.3, -0.25) is 0 Å². The van der Waals surface area contributed by atoms with Crippen molar-refractivity contribution in [3.05, 3.63) is 0 Å². The summed E-state index contributed by atoms with van der Waals surface area (Å²) in [6.45, 7) is 0. The Morgan fingerprint density at radius 1 is 1.50 bits per heavy atom. The van der Waals surface area contributed by atoms with Crippen molar-refractivity contribution >= 4 is 0 Å². The molecule has 4 heavy (non-hydrogen) atoms. The van der Waals surface area contributed by atoms with E-state index in [1.165, 1.54) is 4.51 Å². The fraction of sp³-hybridized carbons (Fsp3) is 1.00. The Hall–Kier alpha value is 0.623. The molecule has 0 radical (unpaired) electrons. The molecule has 0 unspecified atom stereocenters. The van der Waals surface area contributed by atoms with Crippen LogP contribution in [0.1, 0.15) is 12.8 Å². The van der Waals surface area contributed by atoms with E-state index in [4.69, 9.17) is 0 Å². The molecule has 1 fully saturated rings. The summed E-state index contributed by atoms with van der Waals surface area (Å²) < 4.78 is 1.21. The molecule has 1 aliphatic carbocycles. The molecule has 1 heteroatoms. The Morgan fingerprint density at radius 2 is 1.75 bits per heavy atom. The number of hydrogen-bond donors (Lipinski definition) is 0. The van der Waals surface area contributed by atoms with Crippen LogP contribution in [-0.2, 0) is 18.3 Å². The van der Waals surface area contributed by atoms with E-state index < -0.39 is 0 Å². The average molecular weight is 106 g/mol. The first-order valence-electron chi connectivity index (χ1n) is 1.72. The summed E-state index contributed by atoms with van der Waals surface area (Å²) in [6, 6.07) is 0. The Balaban J connectivity index is 2.17. The van der Waals surface area contributed by atoms with Crippen molar-refractivity contribution in [3.63, 3.8) is 0 Å². The second-order valence-corrected chi connectivity index (χ2v) is 3.87. The van der Waals surface area contributed by atoms with E-state index in [2.05, 4.69) is 0 Å². The van der Waals surface area contributed by atoms with Gasteiger partial charge in [0.1, 0.15) is 0 Å². The second kappa shape index (κ2) is 0.789. The van der Waals surface area contributed by atoms with Crippen molar-refractivity contribution in [1.29, 1.82) is 0 Å². The van der Waals surface area contributed by atoms with Crippen molar-refractivity contribution in [2.45, 2.75) is 17.4 Å². The van der Waals surface area contributed by atoms with Crippen LogP contribution in [0.2, 0.25) is 4.51 Å². The number of hydrogen-bond acceptors (Lipinski definition) is 0. The minimum atomic E-state index is 1.21. The van der Waals surface area contributed by atoms with E-state index in [9.17, 15) is 0 Å². The van der Waals surface area contributed by atoms with Gasteiger partial charge in [-0.1, -0.05) is 0 Å². The van der Waals surface area contributed by atoms with E-state index in [1.807, 2.05) is 0 Å². The van der Waals surface area contributed by atoms with Crippen LogP contribution in [0.4, 0.5) is 0 Å². The van der Waals surface area contributed by atoms with Gasteiger partial charge in [0.05, 0.1) is 0 Å². The SMILES string of the molecule is [Zn][CH]1CC1. The molecule has 0 aromatic rings. The van der Waals surface area contributed by atoms with Crippen molar-refractivity contribution in [2.24, 2.45) is 0 Å². The summed E-state index contributed by atoms with van der Waals surface area (Å²) in [6.07, 6.45) is 3.08. The first kappa shape index (κ1) is 2.84. The van der Waals surface area contributed by atoms with Crippen LogP contribution in [0.3, 0.4) is 0 Å². The van der Waals surface area contributed by atoms with Crippen LogP contribution in [0.15, 0.2) is 0 Å². The fourth-order valence-electron chi connectivity index (χ4n) is 0.118. The van der Waals surface area contributed by atoms with Gasteiger partial charge in [-0.2, -0.15) is 0 Å². The molecule has 0 amide bonds. The van der Waals surface area contributed by atoms with Gasteiger partial charge < -0.3 is 0 Å². The summed E-state index contributed by atoms with van der Waals surface area (Å²) in [5, 5.41) is 0. The molecule has 0 spiro atoms. The molecule has 0 aromatic carbocycles. The minimum absolute atomic E-state index is 1.21. The molecule has 1 rings (SSSR count). The van der Waals surface area contributed by atoms with Crippen LogP contribution in [0.5, 0.6) is 0 Å². The van der Waals surface area contributed by atoms with Crippen LogP contribution in [-0.4, -0.2) is 0 Å². The predicted octanol–water partition coefficient (Wildman–Crippen LogP) is 1.12. The van der Waals surface area contributed by atoms with Crippen LogP contribution < -0.4 is 0 Å². The predicted molar refractivity (Wildman–Crippen MR) is 13.0 cm³/mol. The normalized spacial score (nSPS) is 26.5. The molecule has 0 saturated heterocycles. The molecule has 0 bridgehead atoms. The quantitative estimate of drug-likeness (QED) is 0.406. The first-order chi connectivity index (χ1) is 1.89. The van der Waals surface area contributed by atoms with Gasteiger partial charge >= 0.3 is 35.7 Å². The monoisotopic (exact) mass is 105 g/mol. The van der Waals surface area contributed by atoms with Gasteiger partial charge in [-0.25, -0.2) is 0 Å². The summed E-state index contributed by atoms with van der Waals surface area (Å²) in [5.74, 6) is 0. The molecule has 0 N–H and O–H groups in total. The summed E-state index contributed by atoms with van der Waals surface area (Å²) >= 11 is 1.54. The standard InChI is InChI=1S/C3H5.Zn/c1-2-3-1;/h1H,2-3H2;. The first-order valence-corrected chi connectivity index (χ1v) is 3.44. The molecular weight excluding hydrogens is 101 g/mol. The molecule has 0 heterocycles. The molecule has 0 nitrogen and oxygen atoms in total. The van der Waals surface area contributed by atoms with Crippen LogP contribution in [0.25, 0.3) is 0 Å². The van der Waals surface area contributed by atoms with Crippen molar-refractivity contribution in [1.82, 2.24) is 0 Å². The van der Waals surface area contributed by atoms with Crippen LogP contribution in [0, 0.1) is 0 Å². The summed E-state index contributed by atoms with van der Waals surface area (Å²) in [5.41, 5.74) is 0. The maximum atomic E-state index is 1.54. The van der Waals surface area contributed by atoms with Crippen LogP contribution >= 0.6 is 0 Å². The van der Waals surface area contributed by atoms with E-state index in [0.29, 0.717) is 0 Å². The van der Waals surface area contributed by atoms with Gasteiger partial charge in [0.15, 0.2) is 0 Å². The Kier molecular flexibility index (Phi) is 0.560. The Bertz CT molecular complexity index is 22.5. The van der Waals surface area contributed by atoms with Gasteiger partial charge in [-0.15, -0.1) is 0 Å². The van der Waals surface area contributed by atoms with Gasteiger partial charge in [0, 0.05) is 0 Å². The second-order valence-electron chi connectivity index (χ2n) is 1.44. The van der Waals surface area contributed by atoms with Gasteiger partial charge in [-0.05, 0) is 0 Å². The third-order valence-corrected chi connectivity index (χ3v) is 2.41. The molecule has 0 aromatic heterocycles. The van der Waals surface area contributed by atoms with Crippen molar-refractivity contribution < 1.29 is 18.3 Å². The molecule has 1 saturated carbocycles. The third kappa shape index (κ3) is 0.527. The van der Waals surface area contributed by atoms with Crippen molar-refractivity contribution in [2.75, 3.05) is 0 Å². The van der Waals surface area contributed by atoms with Crippen molar-refractivity contribution in [3.8, 4) is 0 Å². The van der Waals surface area contributed by atoms with E-state index >= 15 is 0 Å². The summed E-state index contributed by atoms with van der Waals surface area (Å²) in [4.78, 5) is 0. The average Bonchev–Trinajstić information content (AvgIpc) is 1.75. The third-order valence-electron chi connectivity index (χ3n) is 0.697. The van der Waals surface area contributed by atoms with E-state index in [0.717, 1.165) is 0 Å². The zero-order valence-corrected chi connectivity index (χ0v) is 5.67. The molecule has 1 aliphatic rings. The molecule has 0 aliphatic heterocycles. The topological polar surface area (TPSA) is 0 Å². The van der Waals surface area contributed by atoms with E-state index in [-0.39, 0.29) is 0 Å². The molecular formula is C3H5Zn. The summed E-state index contributed by atoms with van der Waals surface area (Å²) in [7, 11) is 0. The molecule has 0 atom stereocenters.